The summed E-state index contributed by atoms with van der Waals surface area (Å²) < 4.78 is 16.5. The highest BCUT2D eigenvalue weighted by Crippen LogP contribution is 2.35. The normalized spacial score (nSPS) is 11.8. The van der Waals surface area contributed by atoms with Crippen LogP contribution in [0, 0.1) is 18.2 Å². The van der Waals surface area contributed by atoms with E-state index >= 15 is 0 Å². The monoisotopic (exact) mass is 485 g/mol. The number of hydrogen-bond acceptors (Lipinski definition) is 4. The van der Waals surface area contributed by atoms with E-state index in [-0.39, 0.29) is 11.4 Å². The van der Waals surface area contributed by atoms with Crippen LogP contribution in [0.2, 0.25) is 5.02 Å². The largest absolute Gasteiger partial charge is 0.383 e. The number of pyridine rings is 2. The van der Waals surface area contributed by atoms with Crippen molar-refractivity contribution in [2.45, 2.75) is 6.92 Å². The van der Waals surface area contributed by atoms with Crippen LogP contribution in [0.3, 0.4) is 0 Å². The van der Waals surface area contributed by atoms with Crippen molar-refractivity contribution in [2.24, 2.45) is 10.7 Å². The van der Waals surface area contributed by atoms with Crippen LogP contribution in [0.5, 0.6) is 0 Å². The summed E-state index contributed by atoms with van der Waals surface area (Å²) in [7, 11) is 0. The number of rotatable bonds is 5. The molecular formula is C25H19ClFN8+. The molecule has 0 spiro atoms. The molecule has 5 N–H and O–H groups in total. The van der Waals surface area contributed by atoms with Gasteiger partial charge in [0.25, 0.3) is 0 Å². The van der Waals surface area contributed by atoms with Gasteiger partial charge in [-0.3, -0.25) is 25.4 Å². The first-order valence-corrected chi connectivity index (χ1v) is 10.9. The molecule has 0 aliphatic rings. The molecule has 5 aromatic rings. The van der Waals surface area contributed by atoms with Crippen LogP contribution in [-0.4, -0.2) is 37.9 Å². The number of amidine groups is 1. The Bertz CT molecular complexity index is 1690. The molecule has 0 bridgehead atoms. The SMILES string of the molecule is Cc1nc2c(C(N)=NC=N)cc(-c3ccnc(C=[NH2+])c3)cc2n1-c1ccnc2c(F)ccc(Cl)c12. The zero-order valence-electron chi connectivity index (χ0n) is 18.5. The molecular weight excluding hydrogens is 467 g/mol. The first kappa shape index (κ1) is 22.3. The predicted molar refractivity (Wildman–Crippen MR) is 136 cm³/mol. The summed E-state index contributed by atoms with van der Waals surface area (Å²) in [5, 5.41) is 13.9. The summed E-state index contributed by atoms with van der Waals surface area (Å²) in [4.78, 5) is 17.1. The maximum Gasteiger partial charge on any atom is 0.186 e. The molecule has 2 aromatic carbocycles. The smallest absolute Gasteiger partial charge is 0.186 e. The number of halogens is 2. The summed E-state index contributed by atoms with van der Waals surface area (Å²) >= 11 is 6.51. The number of nitrogens with two attached hydrogens (primary N) is 2. The molecule has 0 aliphatic carbocycles. The van der Waals surface area contributed by atoms with E-state index in [1.807, 2.05) is 35.8 Å². The standard InChI is InChI=1S/C25H18ClFN8/c1-13-34-23-17(25(30)33-12-29)9-15(14-4-6-31-16(8-14)11-28)10-21(23)35(13)20-5-7-32-24-19(27)3-2-18(26)22(20)24/h2-12,28H,1H3,(H3,29,30,33)/p+1. The number of benzene rings is 2. The molecule has 0 atom stereocenters. The van der Waals surface area contributed by atoms with Gasteiger partial charge in [-0.2, -0.15) is 0 Å². The molecule has 0 aliphatic heterocycles. The van der Waals surface area contributed by atoms with E-state index in [4.69, 9.17) is 33.1 Å². The average Bonchev–Trinajstić information content (AvgIpc) is 3.21. The molecule has 0 radical (unpaired) electrons. The maximum atomic E-state index is 14.6. The number of aryl methyl sites for hydroxylation is 1. The third kappa shape index (κ3) is 3.71. The summed E-state index contributed by atoms with van der Waals surface area (Å²) in [5.74, 6) is 0.291. The second kappa shape index (κ2) is 8.69. The predicted octanol–water partition coefficient (Wildman–Crippen LogP) is 3.23. The molecule has 10 heteroatoms. The zero-order valence-corrected chi connectivity index (χ0v) is 19.3. The Hall–Kier alpha value is -4.50. The van der Waals surface area contributed by atoms with Crippen molar-refractivity contribution < 1.29 is 9.80 Å². The van der Waals surface area contributed by atoms with Gasteiger partial charge in [0.15, 0.2) is 6.21 Å². The first-order chi connectivity index (χ1) is 16.9. The first-order valence-electron chi connectivity index (χ1n) is 10.5. The van der Waals surface area contributed by atoms with E-state index in [2.05, 4.69) is 15.0 Å². The number of nitrogens with one attached hydrogen (secondary N) is 1. The van der Waals surface area contributed by atoms with E-state index in [9.17, 15) is 4.39 Å². The van der Waals surface area contributed by atoms with Crippen molar-refractivity contribution in [3.63, 3.8) is 0 Å². The zero-order chi connectivity index (χ0) is 24.7. The lowest BCUT2D eigenvalue weighted by molar-refractivity contribution is -0.104. The Morgan fingerprint density at radius 3 is 2.69 bits per heavy atom. The number of aliphatic imine (C=N–C) groups is 1. The molecule has 0 saturated carbocycles. The Kier molecular flexibility index (Phi) is 5.54. The lowest BCUT2D eigenvalue weighted by Gasteiger charge is -2.13. The third-order valence-electron chi connectivity index (χ3n) is 5.70. The van der Waals surface area contributed by atoms with Gasteiger partial charge < -0.3 is 5.73 Å². The summed E-state index contributed by atoms with van der Waals surface area (Å²) in [6.07, 6.45) is 5.49. The van der Waals surface area contributed by atoms with Gasteiger partial charge in [0.2, 0.25) is 0 Å². The quantitative estimate of drug-likeness (QED) is 0.260. The number of nitrogens with zero attached hydrogens (tertiary/aromatic N) is 5. The Morgan fingerprint density at radius 2 is 1.91 bits per heavy atom. The topological polar surface area (TPSA) is 131 Å². The highest BCUT2D eigenvalue weighted by Gasteiger charge is 2.20. The van der Waals surface area contributed by atoms with Gasteiger partial charge in [0, 0.05) is 23.3 Å². The Morgan fingerprint density at radius 1 is 1.11 bits per heavy atom. The Balaban J connectivity index is 1.90. The van der Waals surface area contributed by atoms with Gasteiger partial charge in [-0.25, -0.2) is 14.4 Å². The molecule has 3 aromatic heterocycles. The fourth-order valence-corrected chi connectivity index (χ4v) is 4.43. The molecule has 0 amide bonds. The number of aromatic nitrogens is 4. The second-order valence-corrected chi connectivity index (χ2v) is 8.16. The summed E-state index contributed by atoms with van der Waals surface area (Å²) in [6, 6.07) is 12.1. The molecule has 0 unspecified atom stereocenters. The van der Waals surface area contributed by atoms with Gasteiger partial charge in [0.1, 0.15) is 40.5 Å². The van der Waals surface area contributed by atoms with E-state index in [1.165, 1.54) is 24.5 Å². The van der Waals surface area contributed by atoms with Crippen molar-refractivity contribution in [1.82, 2.24) is 19.5 Å². The number of fused-ring (bicyclic) bond motifs is 2. The highest BCUT2D eigenvalue weighted by molar-refractivity contribution is 6.36. The van der Waals surface area contributed by atoms with Gasteiger partial charge in [-0.15, -0.1) is 0 Å². The van der Waals surface area contributed by atoms with Gasteiger partial charge in [-0.1, -0.05) is 11.6 Å². The van der Waals surface area contributed by atoms with E-state index in [0.717, 1.165) is 17.5 Å². The average molecular weight is 486 g/mol. The number of hydrogen-bond donors (Lipinski definition) is 3. The molecule has 35 heavy (non-hydrogen) atoms. The van der Waals surface area contributed by atoms with Crippen LogP contribution in [0.1, 0.15) is 17.1 Å². The fourth-order valence-electron chi connectivity index (χ4n) is 4.18. The van der Waals surface area contributed by atoms with Crippen molar-refractivity contribution in [1.29, 1.82) is 5.41 Å². The molecule has 172 valence electrons. The molecule has 3 heterocycles. The van der Waals surface area contributed by atoms with Gasteiger partial charge >= 0.3 is 0 Å². The van der Waals surface area contributed by atoms with Crippen LogP contribution in [0.25, 0.3) is 38.8 Å². The van der Waals surface area contributed by atoms with Crippen molar-refractivity contribution in [2.75, 3.05) is 0 Å². The van der Waals surface area contributed by atoms with Crippen molar-refractivity contribution in [3.05, 3.63) is 82.8 Å². The van der Waals surface area contributed by atoms with E-state index in [0.29, 0.717) is 44.2 Å². The fraction of sp³-hybridized carbons (Fsp3) is 0.0400. The van der Waals surface area contributed by atoms with Crippen molar-refractivity contribution in [3.8, 4) is 16.8 Å². The van der Waals surface area contributed by atoms with Gasteiger partial charge in [0.05, 0.1) is 16.2 Å². The van der Waals surface area contributed by atoms with Crippen LogP contribution >= 0.6 is 11.6 Å². The maximum absolute atomic E-state index is 14.6. The molecule has 5 rings (SSSR count). The van der Waals surface area contributed by atoms with Crippen molar-refractivity contribution >= 4 is 51.9 Å². The van der Waals surface area contributed by atoms with Crippen LogP contribution < -0.4 is 11.1 Å². The molecule has 8 nitrogen and oxygen atoms in total. The third-order valence-corrected chi connectivity index (χ3v) is 6.02. The van der Waals surface area contributed by atoms with Gasteiger partial charge in [-0.05, 0) is 60.5 Å². The summed E-state index contributed by atoms with van der Waals surface area (Å²) in [6.45, 7) is 1.83. The molecule has 0 fully saturated rings. The van der Waals surface area contributed by atoms with Crippen LogP contribution in [-0.2, 0) is 0 Å². The minimum absolute atomic E-state index is 0.139. The minimum Gasteiger partial charge on any atom is -0.383 e. The minimum atomic E-state index is -0.473. The lowest BCUT2D eigenvalue weighted by Crippen LogP contribution is -2.30. The summed E-state index contributed by atoms with van der Waals surface area (Å²) in [5.41, 5.74) is 11.1. The van der Waals surface area contributed by atoms with E-state index in [1.54, 1.807) is 12.3 Å². The van der Waals surface area contributed by atoms with Crippen LogP contribution in [0.4, 0.5) is 4.39 Å². The highest BCUT2D eigenvalue weighted by atomic mass is 35.5. The molecule has 0 saturated heterocycles. The lowest BCUT2D eigenvalue weighted by atomic mass is 10.0. The Labute approximate surface area is 204 Å². The second-order valence-electron chi connectivity index (χ2n) is 7.75. The number of imidazole rings is 1. The van der Waals surface area contributed by atoms with Crippen LogP contribution in [0.15, 0.2) is 59.9 Å². The van der Waals surface area contributed by atoms with E-state index < -0.39 is 5.82 Å².